The third-order valence-electron chi connectivity index (χ3n) is 6.08. The molecule has 38 heavy (non-hydrogen) atoms. The summed E-state index contributed by atoms with van der Waals surface area (Å²) in [7, 11) is 0. The summed E-state index contributed by atoms with van der Waals surface area (Å²) in [6.07, 6.45) is -9.71. The minimum absolute atomic E-state index is 0.0540. The minimum atomic E-state index is -1.93. The van der Waals surface area contributed by atoms with Crippen molar-refractivity contribution in [1.82, 2.24) is 0 Å². The van der Waals surface area contributed by atoms with Crippen LogP contribution in [0, 0.1) is 0 Å². The van der Waals surface area contributed by atoms with Crippen molar-refractivity contribution in [2.45, 2.75) is 106 Å². The molecule has 0 aromatic carbocycles. The quantitative estimate of drug-likeness (QED) is 0.0472. The van der Waals surface area contributed by atoms with E-state index in [9.17, 15) is 45.3 Å². The molecular weight excluding hydrogens is 512 g/mol. The van der Waals surface area contributed by atoms with Crippen LogP contribution in [0.25, 0.3) is 0 Å². The van der Waals surface area contributed by atoms with E-state index >= 15 is 0 Å². The summed E-state index contributed by atoms with van der Waals surface area (Å²) < 4.78 is 20.2. The molecule has 0 radical (unpaired) electrons. The van der Waals surface area contributed by atoms with E-state index in [0.29, 0.717) is 19.3 Å². The van der Waals surface area contributed by atoms with Crippen LogP contribution in [-0.2, 0) is 28.5 Å². The predicted molar refractivity (Wildman–Crippen MR) is 128 cm³/mol. The molecule has 1 fully saturated rings. The number of aliphatic hydroxyl groups excluding tert-OH is 8. The molecule has 8 N–H and O–H groups in total. The fourth-order valence-corrected chi connectivity index (χ4v) is 3.80. The van der Waals surface area contributed by atoms with E-state index in [1.165, 1.54) is 0 Å². The van der Waals surface area contributed by atoms with Gasteiger partial charge >= 0.3 is 11.9 Å². The number of carbonyl (C=O) groups is 2. The van der Waals surface area contributed by atoms with E-state index in [2.05, 4.69) is 11.3 Å². The Balaban J connectivity index is 2.50. The number of carbonyl (C=O) groups excluding carboxylic acids is 2. The van der Waals surface area contributed by atoms with Crippen molar-refractivity contribution in [3.8, 4) is 0 Å². The first-order chi connectivity index (χ1) is 18.1. The second kappa shape index (κ2) is 18.5. The Hall–Kier alpha value is -1.72. The Kier molecular flexibility index (Phi) is 16.7. The van der Waals surface area contributed by atoms with Gasteiger partial charge in [0.05, 0.1) is 19.5 Å². The standard InChI is InChI=1S/C24H42O14/c1-2-35-17(29)9-7-5-3-4-6-8-10-18(30)36-13-15(28)23(19(31)14(27)11-25)38-24-22(34)21(33)20(32)16(12-26)37-24/h2,14-16,19-28,31-34H,1,3-13H2/t14-,15+,16+,19+,20+,21-,22+,23+,24+/m0/s1. The highest BCUT2D eigenvalue weighted by molar-refractivity contribution is 5.69. The maximum Gasteiger partial charge on any atom is 0.310 e. The second-order valence-electron chi connectivity index (χ2n) is 9.07. The molecule has 0 unspecified atom stereocenters. The van der Waals surface area contributed by atoms with Gasteiger partial charge in [0, 0.05) is 12.8 Å². The van der Waals surface area contributed by atoms with E-state index in [1.54, 1.807) is 0 Å². The Morgan fingerprint density at radius 3 is 1.97 bits per heavy atom. The Labute approximate surface area is 221 Å². The fourth-order valence-electron chi connectivity index (χ4n) is 3.80. The average molecular weight is 555 g/mol. The van der Waals surface area contributed by atoms with Crippen molar-refractivity contribution >= 4 is 11.9 Å². The van der Waals surface area contributed by atoms with Gasteiger partial charge in [0.2, 0.25) is 0 Å². The van der Waals surface area contributed by atoms with Gasteiger partial charge in [0.1, 0.15) is 55.4 Å². The van der Waals surface area contributed by atoms with Crippen LogP contribution >= 0.6 is 0 Å². The van der Waals surface area contributed by atoms with Crippen LogP contribution in [0.4, 0.5) is 0 Å². The summed E-state index contributed by atoms with van der Waals surface area (Å²) in [6.45, 7) is 0.977. The van der Waals surface area contributed by atoms with Gasteiger partial charge in [0.25, 0.3) is 0 Å². The molecule has 0 saturated carbocycles. The molecule has 0 aliphatic carbocycles. The molecule has 222 valence electrons. The number of ether oxygens (including phenoxy) is 4. The number of aliphatic hydroxyl groups is 8. The topological polar surface area (TPSA) is 233 Å². The number of unbranched alkanes of at least 4 members (excludes halogenated alkanes) is 5. The molecule has 14 heteroatoms. The highest BCUT2D eigenvalue weighted by Gasteiger charge is 2.47. The summed E-state index contributed by atoms with van der Waals surface area (Å²) in [5, 5.41) is 79.1. The smallest absolute Gasteiger partial charge is 0.310 e. The molecule has 1 heterocycles. The van der Waals surface area contributed by atoms with Crippen LogP contribution in [0.2, 0.25) is 0 Å². The maximum atomic E-state index is 12.1. The van der Waals surface area contributed by atoms with Crippen molar-refractivity contribution < 1.29 is 69.4 Å². The largest absolute Gasteiger partial charge is 0.463 e. The summed E-state index contributed by atoms with van der Waals surface area (Å²) in [5.74, 6) is -0.968. The van der Waals surface area contributed by atoms with E-state index in [0.717, 1.165) is 31.9 Å². The monoisotopic (exact) mass is 554 g/mol. The Morgan fingerprint density at radius 1 is 0.842 bits per heavy atom. The van der Waals surface area contributed by atoms with E-state index in [4.69, 9.17) is 19.3 Å². The van der Waals surface area contributed by atoms with Crippen molar-refractivity contribution in [1.29, 1.82) is 0 Å². The molecule has 0 aromatic rings. The molecule has 9 atom stereocenters. The SMILES string of the molecule is C=COC(=O)CCCCCCCCC(=O)OC[C@@H](O)[C@@H](O[C@H]1O[C@H](CO)[C@@H](O)[C@H](O)[C@H]1O)[C@H](O)[C@@H](O)CO. The van der Waals surface area contributed by atoms with Crippen molar-refractivity contribution in [3.05, 3.63) is 12.8 Å². The van der Waals surface area contributed by atoms with Crippen LogP contribution in [0.3, 0.4) is 0 Å². The zero-order valence-corrected chi connectivity index (χ0v) is 21.3. The lowest BCUT2D eigenvalue weighted by Gasteiger charge is -2.42. The van der Waals surface area contributed by atoms with Gasteiger partial charge in [-0.25, -0.2) is 0 Å². The van der Waals surface area contributed by atoms with Crippen LogP contribution in [-0.4, -0.2) is 128 Å². The van der Waals surface area contributed by atoms with Gasteiger partial charge in [-0.2, -0.15) is 0 Å². The maximum absolute atomic E-state index is 12.1. The van der Waals surface area contributed by atoms with E-state index in [-0.39, 0.29) is 12.4 Å². The third-order valence-corrected chi connectivity index (χ3v) is 6.08. The first kappa shape index (κ1) is 34.3. The predicted octanol–water partition coefficient (Wildman–Crippen LogP) is -2.40. The molecule has 0 bridgehead atoms. The van der Waals surface area contributed by atoms with Gasteiger partial charge in [-0.05, 0) is 12.8 Å². The lowest BCUT2D eigenvalue weighted by Crippen LogP contribution is -2.61. The van der Waals surface area contributed by atoms with E-state index < -0.39 is 80.9 Å². The van der Waals surface area contributed by atoms with Crippen molar-refractivity contribution in [3.63, 3.8) is 0 Å². The van der Waals surface area contributed by atoms with Crippen molar-refractivity contribution in [2.24, 2.45) is 0 Å². The number of hydrogen-bond acceptors (Lipinski definition) is 14. The second-order valence-corrected chi connectivity index (χ2v) is 9.07. The van der Waals surface area contributed by atoms with Gasteiger partial charge in [-0.1, -0.05) is 32.3 Å². The van der Waals surface area contributed by atoms with E-state index in [1.807, 2.05) is 0 Å². The van der Waals surface area contributed by atoms with Crippen LogP contribution in [0.15, 0.2) is 12.8 Å². The molecule has 0 aromatic heterocycles. The zero-order chi connectivity index (χ0) is 28.7. The lowest BCUT2D eigenvalue weighted by molar-refractivity contribution is -0.327. The molecule has 1 saturated heterocycles. The number of hydrogen-bond donors (Lipinski definition) is 8. The Bertz CT molecular complexity index is 689. The molecule has 0 spiro atoms. The molecule has 1 rings (SSSR count). The highest BCUT2D eigenvalue weighted by Crippen LogP contribution is 2.25. The van der Waals surface area contributed by atoms with Gasteiger partial charge in [0.15, 0.2) is 6.29 Å². The lowest BCUT2D eigenvalue weighted by atomic mass is 9.98. The summed E-state index contributed by atoms with van der Waals surface area (Å²) in [6, 6.07) is 0. The molecule has 1 aliphatic heterocycles. The Morgan fingerprint density at radius 2 is 1.42 bits per heavy atom. The summed E-state index contributed by atoms with van der Waals surface area (Å²) in [5.41, 5.74) is 0. The first-order valence-electron chi connectivity index (χ1n) is 12.6. The number of esters is 2. The van der Waals surface area contributed by atoms with Gasteiger partial charge in [-0.3, -0.25) is 9.59 Å². The normalized spacial score (nSPS) is 26.7. The number of rotatable bonds is 19. The highest BCUT2D eigenvalue weighted by atomic mass is 16.7. The summed E-state index contributed by atoms with van der Waals surface area (Å²) >= 11 is 0. The van der Waals surface area contributed by atoms with Gasteiger partial charge < -0.3 is 59.8 Å². The summed E-state index contributed by atoms with van der Waals surface area (Å²) in [4.78, 5) is 23.3. The molecule has 0 amide bonds. The molecular formula is C24H42O14. The van der Waals surface area contributed by atoms with Crippen LogP contribution < -0.4 is 0 Å². The van der Waals surface area contributed by atoms with Gasteiger partial charge in [-0.15, -0.1) is 0 Å². The first-order valence-corrected chi connectivity index (χ1v) is 12.6. The van der Waals surface area contributed by atoms with Crippen LogP contribution in [0.1, 0.15) is 51.4 Å². The third kappa shape index (κ3) is 11.6. The minimum Gasteiger partial charge on any atom is -0.463 e. The van der Waals surface area contributed by atoms with Crippen molar-refractivity contribution in [2.75, 3.05) is 19.8 Å². The molecule has 14 nitrogen and oxygen atoms in total. The fraction of sp³-hybridized carbons (Fsp3) is 0.833. The molecule has 1 aliphatic rings. The average Bonchev–Trinajstić information content (AvgIpc) is 2.90. The zero-order valence-electron chi connectivity index (χ0n) is 21.3. The van der Waals surface area contributed by atoms with Crippen LogP contribution in [0.5, 0.6) is 0 Å².